The summed E-state index contributed by atoms with van der Waals surface area (Å²) in [7, 11) is 0. The highest BCUT2D eigenvalue weighted by Gasteiger charge is 2.10. The van der Waals surface area contributed by atoms with Gasteiger partial charge in [-0.2, -0.15) is 0 Å². The molecule has 0 radical (unpaired) electrons. The molecule has 0 aliphatic heterocycles. The molecule has 0 spiro atoms. The van der Waals surface area contributed by atoms with Gasteiger partial charge in [-0.05, 0) is 6.07 Å². The summed E-state index contributed by atoms with van der Waals surface area (Å²) >= 11 is 3.49. The maximum atomic E-state index is 10.4. The minimum Gasteiger partial charge on any atom is -0.428 e. The van der Waals surface area contributed by atoms with Gasteiger partial charge in [0, 0.05) is 25.0 Å². The van der Waals surface area contributed by atoms with Crippen LogP contribution >= 0.6 is 12.9 Å². The van der Waals surface area contributed by atoms with Gasteiger partial charge in [0.25, 0.3) is 5.69 Å². The highest BCUT2D eigenvalue weighted by molar-refractivity contribution is 7.75. The van der Waals surface area contributed by atoms with Crippen LogP contribution in [-0.2, 0) is 0 Å². The Morgan fingerprint density at radius 1 is 1.54 bits per heavy atom. The highest BCUT2D eigenvalue weighted by Crippen LogP contribution is 2.23. The number of benzene rings is 1. The largest absolute Gasteiger partial charge is 0.428 e. The first-order chi connectivity index (χ1) is 6.19. The van der Waals surface area contributed by atoms with Crippen LogP contribution in [-0.4, -0.2) is 11.2 Å². The van der Waals surface area contributed by atoms with Gasteiger partial charge in [-0.25, -0.2) is 0 Å². The molecule has 0 aliphatic rings. The van der Waals surface area contributed by atoms with Crippen LogP contribution in [0.1, 0.15) is 10.4 Å². The van der Waals surface area contributed by atoms with Crippen LogP contribution in [0.2, 0.25) is 0 Å². The van der Waals surface area contributed by atoms with Crippen LogP contribution in [0.25, 0.3) is 0 Å². The average Bonchev–Trinajstić information content (AvgIpc) is 2.16. The van der Waals surface area contributed by atoms with Crippen LogP contribution in [0.4, 0.5) is 5.69 Å². The van der Waals surface area contributed by atoms with Gasteiger partial charge < -0.3 is 4.18 Å². The molecule has 0 aliphatic carbocycles. The molecule has 68 valence electrons. The fourth-order valence-electron chi connectivity index (χ4n) is 0.825. The molecule has 0 unspecified atom stereocenters. The number of aldehydes is 1. The lowest BCUT2D eigenvalue weighted by molar-refractivity contribution is -0.384. The SMILES string of the molecule is O=Cc1cc([N+](=O)[O-])ccc1OS. The van der Waals surface area contributed by atoms with E-state index in [2.05, 4.69) is 17.1 Å². The highest BCUT2D eigenvalue weighted by atomic mass is 32.1. The maximum absolute atomic E-state index is 10.4. The minimum absolute atomic E-state index is 0.101. The zero-order chi connectivity index (χ0) is 9.84. The Morgan fingerprint density at radius 2 is 2.23 bits per heavy atom. The molecule has 6 heteroatoms. The number of carbonyl (C=O) groups is 1. The van der Waals surface area contributed by atoms with Crippen LogP contribution in [0, 0.1) is 10.1 Å². The van der Waals surface area contributed by atoms with Gasteiger partial charge >= 0.3 is 0 Å². The molecular formula is C7H5NO4S. The van der Waals surface area contributed by atoms with Crippen LogP contribution < -0.4 is 4.18 Å². The Morgan fingerprint density at radius 3 is 2.69 bits per heavy atom. The molecule has 0 heterocycles. The quantitative estimate of drug-likeness (QED) is 0.264. The Hall–Kier alpha value is -1.56. The second-order valence-corrected chi connectivity index (χ2v) is 2.37. The van der Waals surface area contributed by atoms with Crippen molar-refractivity contribution in [3.05, 3.63) is 33.9 Å². The van der Waals surface area contributed by atoms with E-state index >= 15 is 0 Å². The number of non-ortho nitro benzene ring substituents is 1. The molecule has 1 aromatic rings. The molecule has 13 heavy (non-hydrogen) atoms. The molecular weight excluding hydrogens is 194 g/mol. The third-order valence-electron chi connectivity index (χ3n) is 1.43. The van der Waals surface area contributed by atoms with Crippen molar-refractivity contribution in [2.45, 2.75) is 0 Å². The van der Waals surface area contributed by atoms with Crippen molar-refractivity contribution >= 4 is 24.9 Å². The molecule has 0 atom stereocenters. The number of nitro groups is 1. The number of nitrogens with zero attached hydrogens (tertiary/aromatic N) is 1. The Kier molecular flexibility index (Phi) is 2.86. The number of hydrogen-bond donors (Lipinski definition) is 1. The molecule has 1 rings (SSSR count). The van der Waals surface area contributed by atoms with Crippen LogP contribution in [0.3, 0.4) is 0 Å². The predicted molar refractivity (Wildman–Crippen MR) is 48.1 cm³/mol. The van der Waals surface area contributed by atoms with E-state index in [0.29, 0.717) is 6.29 Å². The summed E-state index contributed by atoms with van der Waals surface area (Å²) in [5.41, 5.74) is -0.0552. The van der Waals surface area contributed by atoms with Gasteiger partial charge in [0.15, 0.2) is 6.29 Å². The van der Waals surface area contributed by atoms with Crippen molar-refractivity contribution in [2.75, 3.05) is 0 Å². The van der Waals surface area contributed by atoms with Gasteiger partial charge in [-0.3, -0.25) is 14.9 Å². The number of rotatable bonds is 3. The minimum atomic E-state index is -0.588. The van der Waals surface area contributed by atoms with E-state index < -0.39 is 4.92 Å². The Bertz CT molecular complexity index is 352. The third-order valence-corrected chi connectivity index (χ3v) is 1.63. The summed E-state index contributed by atoms with van der Waals surface area (Å²) in [4.78, 5) is 20.1. The van der Waals surface area contributed by atoms with E-state index in [1.165, 1.54) is 12.1 Å². The number of thiol groups is 1. The van der Waals surface area contributed by atoms with E-state index in [1.54, 1.807) is 0 Å². The molecule has 1 aromatic carbocycles. The summed E-state index contributed by atoms with van der Waals surface area (Å²) < 4.78 is 4.51. The summed E-state index contributed by atoms with van der Waals surface area (Å²) in [6.45, 7) is 0. The topological polar surface area (TPSA) is 69.4 Å². The van der Waals surface area contributed by atoms with Gasteiger partial charge in [0.2, 0.25) is 0 Å². The van der Waals surface area contributed by atoms with Gasteiger partial charge in [0.05, 0.1) is 10.5 Å². The second kappa shape index (κ2) is 3.90. The van der Waals surface area contributed by atoms with Crippen molar-refractivity contribution in [3.8, 4) is 5.75 Å². The second-order valence-electron chi connectivity index (χ2n) is 2.19. The first kappa shape index (κ1) is 9.53. The van der Waals surface area contributed by atoms with Gasteiger partial charge in [-0.1, -0.05) is 0 Å². The normalized spacial score (nSPS) is 9.31. The lowest BCUT2D eigenvalue weighted by Crippen LogP contribution is -1.91. The first-order valence-corrected chi connectivity index (χ1v) is 3.60. The van der Waals surface area contributed by atoms with E-state index in [0.717, 1.165) is 6.07 Å². The molecule has 0 fully saturated rings. The maximum Gasteiger partial charge on any atom is 0.270 e. The summed E-state index contributed by atoms with van der Waals surface area (Å²) in [6, 6.07) is 3.67. The Balaban J connectivity index is 3.20. The van der Waals surface area contributed by atoms with Gasteiger partial charge in [0.1, 0.15) is 5.75 Å². The van der Waals surface area contributed by atoms with E-state index in [9.17, 15) is 14.9 Å². The van der Waals surface area contributed by atoms with Crippen LogP contribution in [0.5, 0.6) is 5.75 Å². The monoisotopic (exact) mass is 199 g/mol. The zero-order valence-electron chi connectivity index (χ0n) is 6.34. The summed E-state index contributed by atoms with van der Waals surface area (Å²) in [5, 5.41) is 10.3. The standard InChI is InChI=1S/C7H5NO4S/c9-4-5-3-6(8(10)11)1-2-7(5)12-13/h1-4,13H. The van der Waals surface area contributed by atoms with E-state index in [4.69, 9.17) is 0 Å². The molecule has 0 N–H and O–H groups in total. The summed E-state index contributed by atoms with van der Waals surface area (Å²) in [5.74, 6) is 0.198. The van der Waals surface area contributed by atoms with Crippen molar-refractivity contribution in [1.82, 2.24) is 0 Å². The number of hydrogen-bond acceptors (Lipinski definition) is 5. The molecule has 0 amide bonds. The fraction of sp³-hybridized carbons (Fsp3) is 0. The first-order valence-electron chi connectivity index (χ1n) is 3.24. The molecule has 0 saturated heterocycles. The Labute approximate surface area is 79.1 Å². The smallest absolute Gasteiger partial charge is 0.270 e. The average molecular weight is 199 g/mol. The summed E-state index contributed by atoms with van der Waals surface area (Å²) in [6.07, 6.45) is 0.471. The number of carbonyl (C=O) groups excluding carboxylic acids is 1. The van der Waals surface area contributed by atoms with Crippen molar-refractivity contribution < 1.29 is 13.9 Å². The molecule has 5 nitrogen and oxygen atoms in total. The van der Waals surface area contributed by atoms with E-state index in [-0.39, 0.29) is 17.0 Å². The van der Waals surface area contributed by atoms with Crippen molar-refractivity contribution in [3.63, 3.8) is 0 Å². The van der Waals surface area contributed by atoms with Crippen molar-refractivity contribution in [1.29, 1.82) is 0 Å². The zero-order valence-corrected chi connectivity index (χ0v) is 7.23. The number of nitro benzene ring substituents is 1. The van der Waals surface area contributed by atoms with E-state index in [1.807, 2.05) is 0 Å². The lowest BCUT2D eigenvalue weighted by atomic mass is 10.2. The fourth-order valence-corrected chi connectivity index (χ4v) is 0.991. The van der Waals surface area contributed by atoms with Gasteiger partial charge in [-0.15, -0.1) is 0 Å². The molecule has 0 aromatic heterocycles. The van der Waals surface area contributed by atoms with Crippen LogP contribution in [0.15, 0.2) is 18.2 Å². The third kappa shape index (κ3) is 1.97. The van der Waals surface area contributed by atoms with Crippen molar-refractivity contribution in [2.24, 2.45) is 0 Å². The molecule has 0 saturated carbocycles. The molecule has 0 bridgehead atoms. The predicted octanol–water partition coefficient (Wildman–Crippen LogP) is 1.63. The lowest BCUT2D eigenvalue weighted by Gasteiger charge is -1.99.